The van der Waals surface area contributed by atoms with Crippen LogP contribution in [0.1, 0.15) is 31.2 Å². The number of rotatable bonds is 5. The molecule has 24 heavy (non-hydrogen) atoms. The molecular weight excluding hydrogens is 319 g/mol. The number of nitrogens with zero attached hydrogens (tertiary/aromatic N) is 2. The van der Waals surface area contributed by atoms with Gasteiger partial charge in [-0.2, -0.15) is 5.01 Å². The van der Waals surface area contributed by atoms with Gasteiger partial charge in [-0.1, -0.05) is 37.3 Å². The zero-order valence-electron chi connectivity index (χ0n) is 13.5. The van der Waals surface area contributed by atoms with Gasteiger partial charge >= 0.3 is 0 Å². The maximum absolute atomic E-state index is 16.1. The van der Waals surface area contributed by atoms with E-state index >= 15 is 4.39 Å². The molecule has 1 fully saturated rings. The minimum absolute atomic E-state index is 0.214. The Labute approximate surface area is 138 Å². The van der Waals surface area contributed by atoms with Gasteiger partial charge in [-0.05, 0) is 18.4 Å². The van der Waals surface area contributed by atoms with Crippen LogP contribution < -0.4 is 5.73 Å². The van der Waals surface area contributed by atoms with Crippen molar-refractivity contribution in [3.05, 3.63) is 47.2 Å². The van der Waals surface area contributed by atoms with Gasteiger partial charge in [-0.15, -0.1) is 0 Å². The number of nitrogens with two attached hydrogens (primary N) is 1. The Morgan fingerprint density at radius 1 is 1.29 bits per heavy atom. The summed E-state index contributed by atoms with van der Waals surface area (Å²) in [7, 11) is 1.40. The standard InChI is InChI=1S/C17H20F3N3O/c1-10(11-6-4-3-5-7-11)17(20)13(16(21)24)14(15(18)19)23(22(17)2)12-8-9-12/h3-7,10,12,15H,8-9H2,1-2H3,(H2,21,24). The van der Waals surface area contributed by atoms with Gasteiger partial charge < -0.3 is 5.73 Å². The molecule has 2 aliphatic rings. The summed E-state index contributed by atoms with van der Waals surface area (Å²) in [6, 6.07) is 8.47. The van der Waals surface area contributed by atoms with E-state index in [1.165, 1.54) is 12.1 Å². The molecule has 0 spiro atoms. The van der Waals surface area contributed by atoms with Gasteiger partial charge in [0.15, 0.2) is 0 Å². The van der Waals surface area contributed by atoms with E-state index in [0.29, 0.717) is 18.4 Å². The molecule has 1 aromatic rings. The number of alkyl halides is 3. The lowest BCUT2D eigenvalue weighted by molar-refractivity contribution is -0.126. The van der Waals surface area contributed by atoms with Crippen LogP contribution in [0.5, 0.6) is 0 Å². The highest BCUT2D eigenvalue weighted by atomic mass is 19.3. The van der Waals surface area contributed by atoms with Crippen LogP contribution in [0.2, 0.25) is 0 Å². The Kier molecular flexibility index (Phi) is 4.07. The van der Waals surface area contributed by atoms with E-state index in [9.17, 15) is 13.6 Å². The van der Waals surface area contributed by atoms with E-state index in [1.54, 1.807) is 37.3 Å². The Morgan fingerprint density at radius 3 is 2.33 bits per heavy atom. The first-order chi connectivity index (χ1) is 11.3. The van der Waals surface area contributed by atoms with Gasteiger partial charge in [0.25, 0.3) is 12.3 Å². The molecular formula is C17H20F3N3O. The highest BCUT2D eigenvalue weighted by Crippen LogP contribution is 2.51. The minimum atomic E-state index is -2.98. The van der Waals surface area contributed by atoms with E-state index in [1.807, 2.05) is 0 Å². The van der Waals surface area contributed by atoms with Crippen LogP contribution in [0.15, 0.2) is 41.6 Å². The summed E-state index contributed by atoms with van der Waals surface area (Å²) in [6.45, 7) is 1.58. The fraction of sp³-hybridized carbons (Fsp3) is 0.471. The predicted octanol–water partition coefficient (Wildman–Crippen LogP) is 2.79. The Morgan fingerprint density at radius 2 is 1.88 bits per heavy atom. The molecule has 0 aromatic heterocycles. The molecule has 2 atom stereocenters. The molecule has 0 bridgehead atoms. The lowest BCUT2D eigenvalue weighted by atomic mass is 9.85. The second-order valence-electron chi connectivity index (χ2n) is 6.33. The summed E-state index contributed by atoms with van der Waals surface area (Å²) >= 11 is 0. The number of hydrogen-bond donors (Lipinski definition) is 1. The first-order valence-corrected chi connectivity index (χ1v) is 7.89. The fourth-order valence-corrected chi connectivity index (χ4v) is 3.50. The number of carbonyl (C=O) groups is 1. The van der Waals surface area contributed by atoms with Crippen molar-refractivity contribution in [2.75, 3.05) is 7.05 Å². The van der Waals surface area contributed by atoms with Gasteiger partial charge in [0.1, 0.15) is 5.70 Å². The average molecular weight is 339 g/mol. The summed E-state index contributed by atoms with van der Waals surface area (Å²) in [6.07, 6.45) is -1.61. The molecule has 7 heteroatoms. The summed E-state index contributed by atoms with van der Waals surface area (Å²) in [5, 5.41) is 2.36. The number of hydrogen-bond acceptors (Lipinski definition) is 3. The van der Waals surface area contributed by atoms with Gasteiger partial charge in [0, 0.05) is 19.0 Å². The third kappa shape index (κ3) is 2.38. The van der Waals surface area contributed by atoms with Gasteiger partial charge in [-0.3, -0.25) is 9.80 Å². The van der Waals surface area contributed by atoms with Crippen molar-refractivity contribution in [1.29, 1.82) is 0 Å². The Bertz CT molecular complexity index is 675. The zero-order valence-corrected chi connectivity index (χ0v) is 13.5. The second kappa shape index (κ2) is 5.81. The number of allylic oxidation sites excluding steroid dienone is 1. The van der Waals surface area contributed by atoms with E-state index in [-0.39, 0.29) is 6.04 Å². The first-order valence-electron chi connectivity index (χ1n) is 7.89. The number of carbonyl (C=O) groups excluding carboxylic acids is 1. The Balaban J connectivity index is 2.15. The van der Waals surface area contributed by atoms with E-state index in [0.717, 1.165) is 5.01 Å². The lowest BCUT2D eigenvalue weighted by Gasteiger charge is -2.39. The van der Waals surface area contributed by atoms with Crippen LogP contribution in [0.3, 0.4) is 0 Å². The van der Waals surface area contributed by atoms with Crippen LogP contribution in [0.25, 0.3) is 0 Å². The normalized spacial score (nSPS) is 26.3. The van der Waals surface area contributed by atoms with Gasteiger partial charge in [0.2, 0.25) is 5.79 Å². The number of amides is 1. The lowest BCUT2D eigenvalue weighted by Crippen LogP contribution is -2.52. The first kappa shape index (κ1) is 16.8. The molecule has 0 radical (unpaired) electrons. The predicted molar refractivity (Wildman–Crippen MR) is 83.5 cm³/mol. The maximum atomic E-state index is 16.1. The molecule has 1 saturated carbocycles. The molecule has 1 amide bonds. The minimum Gasteiger partial charge on any atom is -0.366 e. The summed E-state index contributed by atoms with van der Waals surface area (Å²) in [5.41, 5.74) is 4.71. The summed E-state index contributed by atoms with van der Waals surface area (Å²) in [5.74, 6) is -4.41. The van der Waals surface area contributed by atoms with E-state index < -0.39 is 35.3 Å². The van der Waals surface area contributed by atoms with Crippen LogP contribution >= 0.6 is 0 Å². The van der Waals surface area contributed by atoms with Crippen LogP contribution in [0, 0.1) is 0 Å². The quantitative estimate of drug-likeness (QED) is 0.839. The number of benzene rings is 1. The Hall–Kier alpha value is -2.02. The molecule has 1 aliphatic carbocycles. The SMILES string of the molecule is CC(c1ccccc1)C1(F)C(C(N)=O)=C(C(F)F)N(C2CC2)N1C. The maximum Gasteiger partial charge on any atom is 0.280 e. The smallest absolute Gasteiger partial charge is 0.280 e. The molecule has 0 saturated heterocycles. The van der Waals surface area contributed by atoms with E-state index in [4.69, 9.17) is 5.73 Å². The van der Waals surface area contributed by atoms with Crippen molar-refractivity contribution in [1.82, 2.24) is 10.0 Å². The monoisotopic (exact) mass is 339 g/mol. The molecule has 4 nitrogen and oxygen atoms in total. The molecule has 2 unspecified atom stereocenters. The molecule has 3 rings (SSSR count). The number of hydrazine groups is 1. The van der Waals surface area contributed by atoms with Crippen molar-refractivity contribution in [3.63, 3.8) is 0 Å². The van der Waals surface area contributed by atoms with Crippen molar-refractivity contribution in [3.8, 4) is 0 Å². The fourth-order valence-electron chi connectivity index (χ4n) is 3.50. The molecule has 2 N–H and O–H groups in total. The van der Waals surface area contributed by atoms with Crippen molar-refractivity contribution in [2.45, 2.75) is 43.9 Å². The average Bonchev–Trinajstić information content (AvgIpc) is 3.34. The van der Waals surface area contributed by atoms with Gasteiger partial charge in [-0.25, -0.2) is 13.2 Å². The third-order valence-corrected chi connectivity index (χ3v) is 4.87. The van der Waals surface area contributed by atoms with Crippen molar-refractivity contribution >= 4 is 5.91 Å². The van der Waals surface area contributed by atoms with Crippen molar-refractivity contribution in [2.24, 2.45) is 5.73 Å². The number of primary amides is 1. The largest absolute Gasteiger partial charge is 0.366 e. The number of halogens is 3. The number of likely N-dealkylation sites (N-methyl/N-ethyl adjacent to an activating group) is 1. The highest BCUT2D eigenvalue weighted by Gasteiger charge is 2.60. The molecule has 1 aliphatic heterocycles. The van der Waals surface area contributed by atoms with Crippen LogP contribution in [0.4, 0.5) is 13.2 Å². The molecule has 130 valence electrons. The van der Waals surface area contributed by atoms with E-state index in [2.05, 4.69) is 0 Å². The second-order valence-corrected chi connectivity index (χ2v) is 6.33. The zero-order chi connectivity index (χ0) is 17.6. The van der Waals surface area contributed by atoms with Gasteiger partial charge in [0.05, 0.1) is 5.57 Å². The highest BCUT2D eigenvalue weighted by molar-refractivity contribution is 5.95. The van der Waals surface area contributed by atoms with Crippen molar-refractivity contribution < 1.29 is 18.0 Å². The summed E-state index contributed by atoms with van der Waals surface area (Å²) < 4.78 is 43.5. The third-order valence-electron chi connectivity index (χ3n) is 4.87. The van der Waals surface area contributed by atoms with Crippen LogP contribution in [-0.2, 0) is 4.79 Å². The summed E-state index contributed by atoms with van der Waals surface area (Å²) in [4.78, 5) is 11.9. The topological polar surface area (TPSA) is 49.6 Å². The molecule has 1 heterocycles. The van der Waals surface area contributed by atoms with Crippen LogP contribution in [-0.4, -0.2) is 41.2 Å². The molecule has 1 aromatic carbocycles.